The van der Waals surface area contributed by atoms with E-state index in [1.54, 1.807) is 0 Å². The summed E-state index contributed by atoms with van der Waals surface area (Å²) >= 11 is 1.84. The number of hydrogen-bond acceptors (Lipinski definition) is 4. The average Bonchev–Trinajstić information content (AvgIpc) is 2.54. The molecule has 1 aliphatic heterocycles. The molecule has 0 saturated carbocycles. The summed E-state index contributed by atoms with van der Waals surface area (Å²) in [5.74, 6) is 2.62. The Morgan fingerprint density at radius 2 is 1.92 bits per heavy atom. The van der Waals surface area contributed by atoms with Gasteiger partial charge in [0.1, 0.15) is 5.03 Å². The maximum absolute atomic E-state index is 6.01. The number of hydrogen-bond donors (Lipinski definition) is 0. The number of rotatable bonds is 5. The molecule has 0 spiro atoms. The molecule has 0 saturated heterocycles. The van der Waals surface area contributed by atoms with Crippen LogP contribution in [0.2, 0.25) is 0 Å². The lowest BCUT2D eigenvalue weighted by molar-refractivity contribution is -0.0428. The number of ether oxygens (including phenoxy) is 1. The normalized spacial score (nSPS) is 16.2. The first-order chi connectivity index (χ1) is 11.4. The van der Waals surface area contributed by atoms with Crippen LogP contribution in [0.4, 0.5) is 0 Å². The molecular formula is C20H26N2OS. The third-order valence-electron chi connectivity index (χ3n) is 4.22. The molecule has 4 heteroatoms. The Balaban J connectivity index is 1.97. The van der Waals surface area contributed by atoms with Crippen molar-refractivity contribution in [3.8, 4) is 11.4 Å². The molecule has 2 aromatic rings. The minimum absolute atomic E-state index is 0.158. The monoisotopic (exact) mass is 342 g/mol. The van der Waals surface area contributed by atoms with E-state index in [1.165, 1.54) is 12.0 Å². The Labute approximate surface area is 149 Å². The van der Waals surface area contributed by atoms with Gasteiger partial charge in [0.2, 0.25) is 0 Å². The van der Waals surface area contributed by atoms with Crippen molar-refractivity contribution < 1.29 is 4.74 Å². The highest BCUT2D eigenvalue weighted by Gasteiger charge is 2.30. The fourth-order valence-corrected chi connectivity index (χ4v) is 4.03. The molecule has 3 nitrogen and oxygen atoms in total. The zero-order valence-corrected chi connectivity index (χ0v) is 15.8. The minimum Gasteiger partial charge on any atom is -0.370 e. The smallest absolute Gasteiger partial charge is 0.160 e. The predicted octanol–water partition coefficient (Wildman–Crippen LogP) is 5.13. The first kappa shape index (κ1) is 17.4. The summed E-state index contributed by atoms with van der Waals surface area (Å²) in [4.78, 5) is 9.75. The molecule has 0 bridgehead atoms. The Morgan fingerprint density at radius 1 is 1.17 bits per heavy atom. The van der Waals surface area contributed by atoms with E-state index in [2.05, 4.69) is 39.8 Å². The van der Waals surface area contributed by atoms with Crippen LogP contribution in [-0.4, -0.2) is 21.3 Å². The molecule has 1 aromatic heterocycles. The van der Waals surface area contributed by atoms with Crippen LogP contribution in [0.15, 0.2) is 35.4 Å². The van der Waals surface area contributed by atoms with Gasteiger partial charge in [-0.1, -0.05) is 44.2 Å². The zero-order valence-electron chi connectivity index (χ0n) is 15.0. The van der Waals surface area contributed by atoms with Gasteiger partial charge in [0.25, 0.3) is 0 Å². The lowest BCUT2D eigenvalue weighted by atomic mass is 9.96. The molecule has 0 fully saturated rings. The molecule has 2 heterocycles. The molecule has 3 rings (SSSR count). The average molecular weight is 343 g/mol. The molecule has 1 aromatic carbocycles. The van der Waals surface area contributed by atoms with Gasteiger partial charge in [0, 0.05) is 17.5 Å². The van der Waals surface area contributed by atoms with E-state index in [1.807, 2.05) is 30.0 Å². The summed E-state index contributed by atoms with van der Waals surface area (Å²) in [7, 11) is 0. The van der Waals surface area contributed by atoms with Crippen LogP contribution in [0.5, 0.6) is 0 Å². The van der Waals surface area contributed by atoms with Crippen LogP contribution in [0.1, 0.15) is 45.4 Å². The quantitative estimate of drug-likeness (QED) is 0.557. The van der Waals surface area contributed by atoms with Crippen molar-refractivity contribution in [1.82, 2.24) is 9.97 Å². The number of aromatic nitrogens is 2. The molecule has 0 amide bonds. The van der Waals surface area contributed by atoms with Gasteiger partial charge in [0.15, 0.2) is 5.82 Å². The van der Waals surface area contributed by atoms with Gasteiger partial charge < -0.3 is 4.74 Å². The number of thioether (sulfide) groups is 1. The van der Waals surface area contributed by atoms with Gasteiger partial charge in [-0.15, -0.1) is 11.8 Å². The van der Waals surface area contributed by atoms with E-state index in [4.69, 9.17) is 14.7 Å². The Morgan fingerprint density at radius 3 is 2.62 bits per heavy atom. The van der Waals surface area contributed by atoms with Crippen molar-refractivity contribution in [3.63, 3.8) is 0 Å². The third kappa shape index (κ3) is 4.17. The summed E-state index contributed by atoms with van der Waals surface area (Å²) < 4.78 is 6.01. The van der Waals surface area contributed by atoms with Crippen LogP contribution >= 0.6 is 11.8 Å². The fraction of sp³-hybridized carbons (Fsp3) is 0.500. The zero-order chi connectivity index (χ0) is 17.2. The van der Waals surface area contributed by atoms with Crippen LogP contribution < -0.4 is 0 Å². The molecule has 24 heavy (non-hydrogen) atoms. The minimum atomic E-state index is -0.158. The Bertz CT molecular complexity index is 698. The van der Waals surface area contributed by atoms with E-state index >= 15 is 0 Å². The first-order valence-electron chi connectivity index (χ1n) is 8.66. The highest BCUT2D eigenvalue weighted by Crippen LogP contribution is 2.34. The van der Waals surface area contributed by atoms with E-state index in [0.717, 1.165) is 34.3 Å². The summed E-state index contributed by atoms with van der Waals surface area (Å²) in [5, 5.41) is 1.09. The number of nitrogens with zero attached hydrogens (tertiary/aromatic N) is 2. The van der Waals surface area contributed by atoms with Crippen LogP contribution in [-0.2, 0) is 17.8 Å². The molecule has 0 unspecified atom stereocenters. The number of fused-ring (bicyclic) bond motifs is 1. The van der Waals surface area contributed by atoms with Gasteiger partial charge in [-0.25, -0.2) is 9.97 Å². The Kier molecular flexibility index (Phi) is 5.26. The van der Waals surface area contributed by atoms with E-state index < -0.39 is 0 Å². The number of benzene rings is 1. The predicted molar refractivity (Wildman–Crippen MR) is 100 cm³/mol. The molecule has 128 valence electrons. The summed E-state index contributed by atoms with van der Waals surface area (Å²) in [6, 6.07) is 10.3. The first-order valence-corrected chi connectivity index (χ1v) is 9.65. The van der Waals surface area contributed by atoms with Crippen LogP contribution in [0.3, 0.4) is 0 Å². The lowest BCUT2D eigenvalue weighted by Gasteiger charge is -2.32. The van der Waals surface area contributed by atoms with Gasteiger partial charge in [-0.3, -0.25) is 0 Å². The van der Waals surface area contributed by atoms with Crippen molar-refractivity contribution in [1.29, 1.82) is 0 Å². The van der Waals surface area contributed by atoms with Crippen molar-refractivity contribution in [3.05, 3.63) is 41.6 Å². The van der Waals surface area contributed by atoms with Gasteiger partial charge in [0.05, 0.1) is 17.9 Å². The molecule has 1 aliphatic rings. The van der Waals surface area contributed by atoms with E-state index in [9.17, 15) is 0 Å². The summed E-state index contributed by atoms with van der Waals surface area (Å²) in [6.45, 7) is 9.40. The maximum Gasteiger partial charge on any atom is 0.160 e. The van der Waals surface area contributed by atoms with Crippen LogP contribution in [0.25, 0.3) is 11.4 Å². The van der Waals surface area contributed by atoms with Crippen LogP contribution in [0, 0.1) is 5.92 Å². The SMILES string of the molecule is CC(C)CCSc1nc(-c2ccccc2)nc2c1COC(C)(C)C2. The molecule has 0 aliphatic carbocycles. The summed E-state index contributed by atoms with van der Waals surface area (Å²) in [5.41, 5.74) is 3.25. The summed E-state index contributed by atoms with van der Waals surface area (Å²) in [6.07, 6.45) is 2.03. The van der Waals surface area contributed by atoms with Gasteiger partial charge in [-0.05, 0) is 31.9 Å². The van der Waals surface area contributed by atoms with Crippen molar-refractivity contribution >= 4 is 11.8 Å². The highest BCUT2D eigenvalue weighted by atomic mass is 32.2. The second-order valence-electron chi connectivity index (χ2n) is 7.40. The molecule has 0 N–H and O–H groups in total. The molecule has 0 atom stereocenters. The topological polar surface area (TPSA) is 35.0 Å². The van der Waals surface area contributed by atoms with Crippen molar-refractivity contribution in [2.24, 2.45) is 5.92 Å². The van der Waals surface area contributed by atoms with Gasteiger partial charge in [-0.2, -0.15) is 0 Å². The lowest BCUT2D eigenvalue weighted by Crippen LogP contribution is -2.33. The largest absolute Gasteiger partial charge is 0.370 e. The third-order valence-corrected chi connectivity index (χ3v) is 5.27. The molecular weight excluding hydrogens is 316 g/mol. The molecule has 0 radical (unpaired) electrons. The van der Waals surface area contributed by atoms with E-state index in [0.29, 0.717) is 12.5 Å². The van der Waals surface area contributed by atoms with Crippen molar-refractivity contribution in [2.75, 3.05) is 5.75 Å². The van der Waals surface area contributed by atoms with Crippen molar-refractivity contribution in [2.45, 2.75) is 57.8 Å². The van der Waals surface area contributed by atoms with E-state index in [-0.39, 0.29) is 5.60 Å². The second-order valence-corrected chi connectivity index (χ2v) is 8.48. The van der Waals surface area contributed by atoms with Gasteiger partial charge >= 0.3 is 0 Å². The Hall–Kier alpha value is -1.39. The highest BCUT2D eigenvalue weighted by molar-refractivity contribution is 7.99. The standard InChI is InChI=1S/C20H26N2OS/c1-14(2)10-11-24-19-16-13-23-20(3,4)12-17(16)21-18(22-19)15-8-6-5-7-9-15/h5-9,14H,10-13H2,1-4H3. The second kappa shape index (κ2) is 7.24. The fourth-order valence-electron chi connectivity index (χ4n) is 2.75. The maximum atomic E-state index is 6.01.